The van der Waals surface area contributed by atoms with Crippen LogP contribution < -0.4 is 10.2 Å². The lowest BCUT2D eigenvalue weighted by molar-refractivity contribution is 0.0954. The van der Waals surface area contributed by atoms with Crippen LogP contribution in [0.1, 0.15) is 15.2 Å². The Morgan fingerprint density at radius 3 is 2.64 bits per heavy atom. The number of hydrogen-bond acceptors (Lipinski definition) is 5. The summed E-state index contributed by atoms with van der Waals surface area (Å²) < 4.78 is 19.3. The van der Waals surface area contributed by atoms with Crippen LogP contribution in [0.5, 0.6) is 0 Å². The van der Waals surface area contributed by atoms with Crippen LogP contribution in [0, 0.1) is 5.82 Å². The Hall–Kier alpha value is -2.77. The van der Waals surface area contributed by atoms with Gasteiger partial charge in [-0.15, -0.1) is 11.3 Å². The van der Waals surface area contributed by atoms with Gasteiger partial charge in [-0.05, 0) is 29.8 Å². The maximum atomic E-state index is 13.9. The number of rotatable bonds is 5. The first kappa shape index (κ1) is 18.6. The summed E-state index contributed by atoms with van der Waals surface area (Å²) >= 11 is 1.18. The minimum atomic E-state index is -0.343. The van der Waals surface area contributed by atoms with Gasteiger partial charge in [0.1, 0.15) is 15.7 Å². The Balaban J connectivity index is 1.36. The van der Waals surface area contributed by atoms with E-state index in [1.54, 1.807) is 18.2 Å². The summed E-state index contributed by atoms with van der Waals surface area (Å²) in [7, 11) is 0. The molecule has 2 heterocycles. The molecule has 0 spiro atoms. The lowest BCUT2D eigenvalue weighted by Crippen LogP contribution is -2.36. The normalized spacial score (nSPS) is 14.1. The van der Waals surface area contributed by atoms with Crippen molar-refractivity contribution in [2.45, 2.75) is 6.54 Å². The second-order valence-electron chi connectivity index (χ2n) is 6.46. The molecule has 5 nitrogen and oxygen atoms in total. The van der Waals surface area contributed by atoms with Gasteiger partial charge in [-0.1, -0.05) is 24.3 Å². The van der Waals surface area contributed by atoms with Crippen molar-refractivity contribution >= 4 is 22.9 Å². The highest BCUT2D eigenvalue weighted by Crippen LogP contribution is 2.27. The number of nitrogens with one attached hydrogen (secondary N) is 1. The van der Waals surface area contributed by atoms with Crippen LogP contribution in [0.3, 0.4) is 0 Å². The number of carbonyl (C=O) groups excluding carboxylic acids is 1. The summed E-state index contributed by atoms with van der Waals surface area (Å²) in [5, 5.41) is 3.40. The summed E-state index contributed by atoms with van der Waals surface area (Å²) in [6, 6.07) is 14.6. The van der Waals surface area contributed by atoms with Gasteiger partial charge in [-0.3, -0.25) is 4.79 Å². The zero-order valence-electron chi connectivity index (χ0n) is 15.2. The number of halogens is 1. The fourth-order valence-electron chi connectivity index (χ4n) is 3.05. The van der Waals surface area contributed by atoms with Crippen molar-refractivity contribution < 1.29 is 13.9 Å². The fourth-order valence-corrected chi connectivity index (χ4v) is 3.91. The summed E-state index contributed by atoms with van der Waals surface area (Å²) in [4.78, 5) is 19.3. The molecule has 4 rings (SSSR count). The smallest absolute Gasteiger partial charge is 0.263 e. The van der Waals surface area contributed by atoms with Crippen molar-refractivity contribution in [2.24, 2.45) is 0 Å². The van der Waals surface area contributed by atoms with Crippen LogP contribution in [-0.4, -0.2) is 37.2 Å². The molecule has 0 saturated carbocycles. The SMILES string of the molecule is O=C(NCc1ccc(N2CCOCC2)cc1)c1cnc(-c2ccccc2F)s1. The maximum Gasteiger partial charge on any atom is 0.263 e. The molecule has 0 aliphatic carbocycles. The molecule has 0 unspecified atom stereocenters. The predicted molar refractivity (Wildman–Crippen MR) is 108 cm³/mol. The average Bonchev–Trinajstić information content (AvgIpc) is 3.23. The van der Waals surface area contributed by atoms with Crippen molar-refractivity contribution in [1.82, 2.24) is 10.3 Å². The first-order valence-corrected chi connectivity index (χ1v) is 9.93. The number of morpholine rings is 1. The molecule has 3 aromatic rings. The zero-order chi connectivity index (χ0) is 19.3. The van der Waals surface area contributed by atoms with Gasteiger partial charge in [0.2, 0.25) is 0 Å². The number of thiazole rings is 1. The van der Waals surface area contributed by atoms with Crippen molar-refractivity contribution in [3.05, 3.63) is 71.0 Å². The largest absolute Gasteiger partial charge is 0.378 e. The first-order chi connectivity index (χ1) is 13.7. The van der Waals surface area contributed by atoms with E-state index in [1.165, 1.54) is 23.6 Å². The Kier molecular flexibility index (Phi) is 5.64. The Morgan fingerprint density at radius 1 is 1.14 bits per heavy atom. The van der Waals surface area contributed by atoms with Gasteiger partial charge >= 0.3 is 0 Å². The number of ether oxygens (including phenoxy) is 1. The molecule has 1 N–H and O–H groups in total. The van der Waals surface area contributed by atoms with Crippen molar-refractivity contribution in [1.29, 1.82) is 0 Å². The van der Waals surface area contributed by atoms with E-state index < -0.39 is 0 Å². The summed E-state index contributed by atoms with van der Waals surface area (Å²) in [5.74, 6) is -0.554. The van der Waals surface area contributed by atoms with E-state index in [0.717, 1.165) is 37.6 Å². The third-order valence-electron chi connectivity index (χ3n) is 4.60. The van der Waals surface area contributed by atoms with E-state index in [0.29, 0.717) is 22.0 Å². The minimum Gasteiger partial charge on any atom is -0.378 e. The van der Waals surface area contributed by atoms with E-state index in [1.807, 2.05) is 12.1 Å². The summed E-state index contributed by atoms with van der Waals surface area (Å²) in [6.45, 7) is 3.72. The van der Waals surface area contributed by atoms with Gasteiger partial charge in [0.15, 0.2) is 0 Å². The number of carbonyl (C=O) groups is 1. The number of hydrogen-bond donors (Lipinski definition) is 1. The van der Waals surface area contributed by atoms with E-state index >= 15 is 0 Å². The fraction of sp³-hybridized carbons (Fsp3) is 0.238. The molecular weight excluding hydrogens is 377 g/mol. The monoisotopic (exact) mass is 397 g/mol. The van der Waals surface area contributed by atoms with Crippen molar-refractivity contribution in [3.8, 4) is 10.6 Å². The highest BCUT2D eigenvalue weighted by atomic mass is 32.1. The van der Waals surface area contributed by atoms with Crippen LogP contribution in [0.15, 0.2) is 54.7 Å². The number of nitrogens with zero attached hydrogens (tertiary/aromatic N) is 2. The van der Waals surface area contributed by atoms with Crippen molar-refractivity contribution in [2.75, 3.05) is 31.2 Å². The van der Waals surface area contributed by atoms with Crippen molar-refractivity contribution in [3.63, 3.8) is 0 Å². The lowest BCUT2D eigenvalue weighted by atomic mass is 10.2. The van der Waals surface area contributed by atoms with Gasteiger partial charge in [0.05, 0.1) is 19.4 Å². The molecule has 7 heteroatoms. The molecule has 0 radical (unpaired) electrons. The van der Waals surface area contributed by atoms with E-state index in [2.05, 4.69) is 27.3 Å². The molecule has 1 saturated heterocycles. The summed E-state index contributed by atoms with van der Waals surface area (Å²) in [5.41, 5.74) is 2.59. The molecule has 2 aromatic carbocycles. The number of amides is 1. The summed E-state index contributed by atoms with van der Waals surface area (Å²) in [6.07, 6.45) is 1.49. The Bertz CT molecular complexity index is 952. The number of anilines is 1. The van der Waals surface area contributed by atoms with E-state index in [-0.39, 0.29) is 11.7 Å². The van der Waals surface area contributed by atoms with Crippen LogP contribution in [-0.2, 0) is 11.3 Å². The van der Waals surface area contributed by atoms with Crippen LogP contribution in [0.25, 0.3) is 10.6 Å². The average molecular weight is 397 g/mol. The van der Waals surface area contributed by atoms with Gasteiger partial charge in [-0.2, -0.15) is 0 Å². The topological polar surface area (TPSA) is 54.5 Å². The molecule has 1 fully saturated rings. The molecule has 28 heavy (non-hydrogen) atoms. The van der Waals surface area contributed by atoms with Gasteiger partial charge in [0.25, 0.3) is 5.91 Å². The molecule has 0 atom stereocenters. The molecule has 144 valence electrons. The maximum absolute atomic E-state index is 13.9. The molecule has 0 bridgehead atoms. The van der Waals surface area contributed by atoms with E-state index in [4.69, 9.17) is 4.74 Å². The third kappa shape index (κ3) is 4.21. The highest BCUT2D eigenvalue weighted by Gasteiger charge is 2.14. The lowest BCUT2D eigenvalue weighted by Gasteiger charge is -2.28. The van der Waals surface area contributed by atoms with Gasteiger partial charge in [-0.25, -0.2) is 9.37 Å². The standard InChI is InChI=1S/C21H20FN3O2S/c22-18-4-2-1-3-17(18)21-24-14-19(28-21)20(26)23-13-15-5-7-16(8-6-15)25-9-11-27-12-10-25/h1-8,14H,9-13H2,(H,23,26). The number of aromatic nitrogens is 1. The first-order valence-electron chi connectivity index (χ1n) is 9.11. The zero-order valence-corrected chi connectivity index (χ0v) is 16.0. The highest BCUT2D eigenvalue weighted by molar-refractivity contribution is 7.16. The van der Waals surface area contributed by atoms with Crippen LogP contribution >= 0.6 is 11.3 Å². The minimum absolute atomic E-state index is 0.211. The Labute approximate surface area is 166 Å². The second kappa shape index (κ2) is 8.50. The Morgan fingerprint density at radius 2 is 1.89 bits per heavy atom. The third-order valence-corrected chi connectivity index (χ3v) is 5.63. The van der Waals surface area contributed by atoms with Crippen LogP contribution in [0.4, 0.5) is 10.1 Å². The predicted octanol–water partition coefficient (Wildman–Crippen LogP) is 3.72. The van der Waals surface area contributed by atoms with E-state index in [9.17, 15) is 9.18 Å². The second-order valence-corrected chi connectivity index (χ2v) is 7.49. The molecule has 1 amide bonds. The molecule has 1 aliphatic heterocycles. The molecule has 1 aromatic heterocycles. The quantitative estimate of drug-likeness (QED) is 0.713. The molecule has 1 aliphatic rings. The van der Waals surface area contributed by atoms with Crippen LogP contribution in [0.2, 0.25) is 0 Å². The molecular formula is C21H20FN3O2S. The van der Waals surface area contributed by atoms with Gasteiger partial charge in [0, 0.05) is 30.9 Å². The number of benzene rings is 2. The van der Waals surface area contributed by atoms with Gasteiger partial charge < -0.3 is 15.0 Å².